The average molecular weight is 238 g/mol. The average Bonchev–Trinajstić information content (AvgIpc) is 2.27. The Bertz CT molecular complexity index is 336. The molecule has 0 amide bonds. The minimum atomic E-state index is -0.101. The van der Waals surface area contributed by atoms with E-state index in [0.717, 1.165) is 12.2 Å². The van der Waals surface area contributed by atoms with Crippen molar-refractivity contribution in [3.63, 3.8) is 0 Å². The molecule has 0 atom stereocenters. The number of esters is 1. The molecule has 0 aliphatic heterocycles. The Morgan fingerprint density at radius 2 is 2.25 bits per heavy atom. The standard InChI is InChI=1S/C13H18O2S/c1-11-4-3-5-12(10-11)6-7-13(14)15-8-9-16-2/h3-5,10H,6-9H2,1-2H3. The summed E-state index contributed by atoms with van der Waals surface area (Å²) in [6.07, 6.45) is 3.23. The summed E-state index contributed by atoms with van der Waals surface area (Å²) < 4.78 is 5.07. The molecule has 0 unspecified atom stereocenters. The van der Waals surface area contributed by atoms with Crippen molar-refractivity contribution in [1.82, 2.24) is 0 Å². The van der Waals surface area contributed by atoms with E-state index in [-0.39, 0.29) is 5.97 Å². The lowest BCUT2D eigenvalue weighted by atomic mass is 10.1. The van der Waals surface area contributed by atoms with E-state index in [9.17, 15) is 4.79 Å². The molecule has 0 aliphatic rings. The molecule has 16 heavy (non-hydrogen) atoms. The molecule has 1 aromatic rings. The first-order valence-corrected chi connectivity index (χ1v) is 6.82. The summed E-state index contributed by atoms with van der Waals surface area (Å²) in [5, 5.41) is 0. The Morgan fingerprint density at radius 3 is 2.94 bits per heavy atom. The number of benzene rings is 1. The minimum Gasteiger partial charge on any atom is -0.465 e. The second-order valence-electron chi connectivity index (χ2n) is 3.70. The normalized spacial score (nSPS) is 10.1. The fourth-order valence-electron chi connectivity index (χ4n) is 1.43. The maximum atomic E-state index is 11.3. The number of ether oxygens (including phenoxy) is 1. The zero-order chi connectivity index (χ0) is 11.8. The van der Waals surface area contributed by atoms with E-state index in [4.69, 9.17) is 4.74 Å². The highest BCUT2D eigenvalue weighted by Gasteiger charge is 2.03. The molecule has 1 rings (SSSR count). The monoisotopic (exact) mass is 238 g/mol. The van der Waals surface area contributed by atoms with Gasteiger partial charge >= 0.3 is 5.97 Å². The Balaban J connectivity index is 2.26. The highest BCUT2D eigenvalue weighted by Crippen LogP contribution is 2.07. The summed E-state index contributed by atoms with van der Waals surface area (Å²) in [7, 11) is 0. The molecule has 0 fully saturated rings. The molecule has 88 valence electrons. The van der Waals surface area contributed by atoms with Gasteiger partial charge in [0.25, 0.3) is 0 Å². The van der Waals surface area contributed by atoms with Crippen molar-refractivity contribution in [2.45, 2.75) is 19.8 Å². The van der Waals surface area contributed by atoms with Crippen molar-refractivity contribution in [3.8, 4) is 0 Å². The molecule has 3 heteroatoms. The predicted molar refractivity (Wildman–Crippen MR) is 68.8 cm³/mol. The molecular formula is C13H18O2S. The molecule has 2 nitrogen and oxygen atoms in total. The molecule has 0 heterocycles. The Hall–Kier alpha value is -0.960. The third kappa shape index (κ3) is 5.21. The van der Waals surface area contributed by atoms with Crippen molar-refractivity contribution in [3.05, 3.63) is 35.4 Å². The van der Waals surface area contributed by atoms with Crippen molar-refractivity contribution >= 4 is 17.7 Å². The van der Waals surface area contributed by atoms with Crippen molar-refractivity contribution in [1.29, 1.82) is 0 Å². The summed E-state index contributed by atoms with van der Waals surface area (Å²) in [4.78, 5) is 11.3. The largest absolute Gasteiger partial charge is 0.465 e. The summed E-state index contributed by atoms with van der Waals surface area (Å²) in [6, 6.07) is 8.22. The van der Waals surface area contributed by atoms with Crippen LogP contribution < -0.4 is 0 Å². The zero-order valence-corrected chi connectivity index (χ0v) is 10.7. The van der Waals surface area contributed by atoms with Crippen LogP contribution in [0.25, 0.3) is 0 Å². The van der Waals surface area contributed by atoms with E-state index in [0.29, 0.717) is 13.0 Å². The van der Waals surface area contributed by atoms with Crippen LogP contribution in [0.2, 0.25) is 0 Å². The summed E-state index contributed by atoms with van der Waals surface area (Å²) in [5.41, 5.74) is 2.43. The fourth-order valence-corrected chi connectivity index (χ4v) is 1.68. The van der Waals surface area contributed by atoms with Crippen LogP contribution in [0.3, 0.4) is 0 Å². The van der Waals surface area contributed by atoms with Gasteiger partial charge in [0.15, 0.2) is 0 Å². The second kappa shape index (κ2) is 7.34. The molecule has 0 saturated carbocycles. The van der Waals surface area contributed by atoms with Crippen LogP contribution in [0, 0.1) is 6.92 Å². The van der Waals surface area contributed by atoms with E-state index in [1.165, 1.54) is 11.1 Å². The Kier molecular flexibility index (Phi) is 6.01. The first-order chi connectivity index (χ1) is 7.72. The maximum Gasteiger partial charge on any atom is 0.306 e. The van der Waals surface area contributed by atoms with Gasteiger partial charge in [-0.25, -0.2) is 0 Å². The van der Waals surface area contributed by atoms with Gasteiger partial charge in [-0.15, -0.1) is 0 Å². The number of thioether (sulfide) groups is 1. The van der Waals surface area contributed by atoms with Gasteiger partial charge in [-0.1, -0.05) is 29.8 Å². The Morgan fingerprint density at radius 1 is 1.44 bits per heavy atom. The molecule has 0 aliphatic carbocycles. The van der Waals surface area contributed by atoms with Gasteiger partial charge in [-0.05, 0) is 25.2 Å². The fraction of sp³-hybridized carbons (Fsp3) is 0.462. The molecule has 0 aromatic heterocycles. The van der Waals surface area contributed by atoms with Crippen LogP contribution in [-0.2, 0) is 16.0 Å². The lowest BCUT2D eigenvalue weighted by molar-refractivity contribution is -0.142. The van der Waals surface area contributed by atoms with Gasteiger partial charge in [0.2, 0.25) is 0 Å². The van der Waals surface area contributed by atoms with Gasteiger partial charge in [0.05, 0.1) is 0 Å². The van der Waals surface area contributed by atoms with E-state index in [2.05, 4.69) is 19.1 Å². The lowest BCUT2D eigenvalue weighted by Crippen LogP contribution is -2.08. The number of rotatable bonds is 6. The summed E-state index contributed by atoms with van der Waals surface area (Å²) >= 11 is 1.68. The van der Waals surface area contributed by atoms with Gasteiger partial charge in [-0.2, -0.15) is 11.8 Å². The topological polar surface area (TPSA) is 26.3 Å². The van der Waals surface area contributed by atoms with Crippen LogP contribution in [0.1, 0.15) is 17.5 Å². The minimum absolute atomic E-state index is 0.101. The highest BCUT2D eigenvalue weighted by molar-refractivity contribution is 7.98. The number of carbonyl (C=O) groups excluding carboxylic acids is 1. The smallest absolute Gasteiger partial charge is 0.306 e. The number of hydrogen-bond donors (Lipinski definition) is 0. The van der Waals surface area contributed by atoms with Crippen LogP contribution in [0.4, 0.5) is 0 Å². The first kappa shape index (κ1) is 13.1. The third-order valence-corrected chi connectivity index (χ3v) is 2.83. The van der Waals surface area contributed by atoms with Crippen molar-refractivity contribution < 1.29 is 9.53 Å². The van der Waals surface area contributed by atoms with Crippen LogP contribution in [-0.4, -0.2) is 24.6 Å². The molecule has 0 bridgehead atoms. The van der Waals surface area contributed by atoms with Crippen LogP contribution in [0.15, 0.2) is 24.3 Å². The molecule has 0 saturated heterocycles. The zero-order valence-electron chi connectivity index (χ0n) is 9.86. The van der Waals surface area contributed by atoms with E-state index in [1.54, 1.807) is 11.8 Å². The van der Waals surface area contributed by atoms with E-state index in [1.807, 2.05) is 18.4 Å². The molecular weight excluding hydrogens is 220 g/mol. The van der Waals surface area contributed by atoms with Crippen molar-refractivity contribution in [2.75, 3.05) is 18.6 Å². The number of aryl methyl sites for hydroxylation is 2. The SMILES string of the molecule is CSCCOC(=O)CCc1cccc(C)c1. The maximum absolute atomic E-state index is 11.3. The van der Waals surface area contributed by atoms with Crippen LogP contribution in [0.5, 0.6) is 0 Å². The lowest BCUT2D eigenvalue weighted by Gasteiger charge is -2.04. The second-order valence-corrected chi connectivity index (χ2v) is 4.69. The van der Waals surface area contributed by atoms with Crippen molar-refractivity contribution in [2.24, 2.45) is 0 Å². The molecule has 0 spiro atoms. The number of hydrogen-bond acceptors (Lipinski definition) is 3. The van der Waals surface area contributed by atoms with Gasteiger partial charge in [-0.3, -0.25) is 4.79 Å². The van der Waals surface area contributed by atoms with Crippen LogP contribution >= 0.6 is 11.8 Å². The molecule has 0 radical (unpaired) electrons. The van der Waals surface area contributed by atoms with Gasteiger partial charge in [0, 0.05) is 12.2 Å². The Labute approximate surface area is 101 Å². The first-order valence-electron chi connectivity index (χ1n) is 5.42. The highest BCUT2D eigenvalue weighted by atomic mass is 32.2. The summed E-state index contributed by atoms with van der Waals surface area (Å²) in [6.45, 7) is 2.58. The quantitative estimate of drug-likeness (QED) is 0.563. The predicted octanol–water partition coefficient (Wildman–Crippen LogP) is 2.83. The van der Waals surface area contributed by atoms with Gasteiger partial charge < -0.3 is 4.74 Å². The van der Waals surface area contributed by atoms with Gasteiger partial charge in [0.1, 0.15) is 6.61 Å². The van der Waals surface area contributed by atoms with E-state index < -0.39 is 0 Å². The summed E-state index contributed by atoms with van der Waals surface area (Å²) in [5.74, 6) is 0.770. The molecule has 1 aromatic carbocycles. The van der Waals surface area contributed by atoms with E-state index >= 15 is 0 Å². The molecule has 0 N–H and O–H groups in total. The number of carbonyl (C=O) groups is 1. The third-order valence-electron chi connectivity index (χ3n) is 2.25.